The van der Waals surface area contributed by atoms with Crippen molar-refractivity contribution in [2.75, 3.05) is 15.7 Å². The fraction of sp³-hybridized carbons (Fsp3) is 0.344. The summed E-state index contributed by atoms with van der Waals surface area (Å²) in [5.74, 6) is -6.37. The maximum Gasteiger partial charge on any atom is 0.425 e. The molecule has 12 nitrogen and oxygen atoms in total. The molecule has 17 heteroatoms. The minimum Gasteiger partial charge on any atom is -0.443 e. The van der Waals surface area contributed by atoms with E-state index in [0.29, 0.717) is 8.61 Å². The van der Waals surface area contributed by atoms with Crippen LogP contribution in [-0.2, 0) is 24.5 Å². The normalized spacial score (nSPS) is 18.9. The van der Waals surface area contributed by atoms with Crippen molar-refractivity contribution in [1.82, 2.24) is 14.6 Å². The minimum absolute atomic E-state index is 0.00590. The lowest BCUT2D eigenvalue weighted by atomic mass is 9.87. The van der Waals surface area contributed by atoms with E-state index in [-0.39, 0.29) is 21.8 Å². The molecule has 1 aromatic heterocycles. The van der Waals surface area contributed by atoms with Gasteiger partial charge in [0.15, 0.2) is 0 Å². The predicted molar refractivity (Wildman–Crippen MR) is 171 cm³/mol. The first-order valence-electron chi connectivity index (χ1n) is 14.8. The summed E-state index contributed by atoms with van der Waals surface area (Å²) in [5.41, 5.74) is -1.41. The van der Waals surface area contributed by atoms with Crippen molar-refractivity contribution in [3.8, 4) is 6.07 Å². The first kappa shape index (κ1) is 35.4. The van der Waals surface area contributed by atoms with E-state index in [1.54, 1.807) is 6.07 Å². The van der Waals surface area contributed by atoms with Crippen molar-refractivity contribution < 1.29 is 40.7 Å². The number of hydrogen-bond donors (Lipinski definition) is 1. The number of hydrogen-bond acceptors (Lipinski definition) is 8. The quantitative estimate of drug-likeness (QED) is 0.354. The lowest BCUT2D eigenvalue weighted by Gasteiger charge is -2.39. The zero-order valence-corrected chi connectivity index (χ0v) is 27.9. The van der Waals surface area contributed by atoms with Crippen molar-refractivity contribution in [1.29, 1.82) is 5.26 Å². The third-order valence-corrected chi connectivity index (χ3v) is 9.74. The number of alkyl halides is 2. The number of pyridine rings is 1. The van der Waals surface area contributed by atoms with Crippen LogP contribution < -0.4 is 14.5 Å². The van der Waals surface area contributed by atoms with Gasteiger partial charge in [-0.3, -0.25) is 14.5 Å². The number of anilines is 2. The molecule has 2 aliphatic rings. The van der Waals surface area contributed by atoms with Gasteiger partial charge in [0, 0.05) is 41.4 Å². The average Bonchev–Trinajstić information content (AvgIpc) is 3.29. The van der Waals surface area contributed by atoms with Crippen LogP contribution in [0.25, 0.3) is 0 Å². The van der Waals surface area contributed by atoms with Gasteiger partial charge < -0.3 is 10.1 Å². The highest BCUT2D eigenvalue weighted by Crippen LogP contribution is 2.40. The van der Waals surface area contributed by atoms with E-state index in [1.165, 1.54) is 57.2 Å². The number of ether oxygens (including phenoxy) is 1. The number of nitriles is 1. The number of aromatic nitrogens is 1. The molecule has 3 amide bonds. The topological polar surface area (TPSA) is 153 Å². The highest BCUT2D eigenvalue weighted by molar-refractivity contribution is 7.91. The van der Waals surface area contributed by atoms with Crippen LogP contribution in [-0.4, -0.2) is 65.8 Å². The van der Waals surface area contributed by atoms with Crippen molar-refractivity contribution in [2.45, 2.75) is 63.3 Å². The van der Waals surface area contributed by atoms with Crippen LogP contribution in [0.4, 0.5) is 29.5 Å². The van der Waals surface area contributed by atoms with Gasteiger partial charge >= 0.3 is 16.3 Å². The molecule has 0 radical (unpaired) electrons. The number of halogens is 4. The SMILES string of the molecule is CC(C)(C)OC(=O)N1CC(C(=O)N(c2cccc(F)c2)C(C(=O)NC2CC(F)(F)C2)c2ccccc2Cl)N(c2cc(C#N)ccn2)S1(=O)=O. The number of carbonyl (C=O) groups excluding carboxylic acids is 3. The first-order chi connectivity index (χ1) is 22.9. The summed E-state index contributed by atoms with van der Waals surface area (Å²) >= 11 is 6.52. The number of benzene rings is 2. The van der Waals surface area contributed by atoms with Crippen molar-refractivity contribution in [2.24, 2.45) is 0 Å². The second-order valence-corrected chi connectivity index (χ2v) is 14.6. The molecule has 1 saturated carbocycles. The second kappa shape index (κ2) is 13.2. The summed E-state index contributed by atoms with van der Waals surface area (Å²) in [7, 11) is -4.95. The lowest BCUT2D eigenvalue weighted by molar-refractivity contribution is -0.133. The molecule has 1 aliphatic heterocycles. The van der Waals surface area contributed by atoms with Gasteiger partial charge in [-0.25, -0.2) is 27.3 Å². The van der Waals surface area contributed by atoms with Crippen LogP contribution in [0.5, 0.6) is 0 Å². The molecule has 1 aliphatic carbocycles. The molecule has 258 valence electrons. The van der Waals surface area contributed by atoms with Gasteiger partial charge in [-0.2, -0.15) is 18.0 Å². The molecule has 1 saturated heterocycles. The third kappa shape index (κ3) is 7.42. The van der Waals surface area contributed by atoms with E-state index in [1.807, 2.05) is 6.07 Å². The van der Waals surface area contributed by atoms with Crippen LogP contribution in [0.1, 0.15) is 50.8 Å². The Morgan fingerprint density at radius 3 is 2.43 bits per heavy atom. The highest BCUT2D eigenvalue weighted by atomic mass is 35.5. The number of nitrogens with zero attached hydrogens (tertiary/aromatic N) is 5. The first-order valence-corrected chi connectivity index (χ1v) is 16.6. The van der Waals surface area contributed by atoms with Crippen LogP contribution >= 0.6 is 11.6 Å². The maximum absolute atomic E-state index is 14.9. The summed E-state index contributed by atoms with van der Waals surface area (Å²) < 4.78 is 76.5. The molecular weight excluding hydrogens is 689 g/mol. The Morgan fingerprint density at radius 2 is 1.82 bits per heavy atom. The Morgan fingerprint density at radius 1 is 1.12 bits per heavy atom. The largest absolute Gasteiger partial charge is 0.443 e. The Hall–Kier alpha value is -4.88. The Labute approximate surface area is 285 Å². The summed E-state index contributed by atoms with van der Waals surface area (Å²) in [6.07, 6.45) is -1.53. The molecule has 49 heavy (non-hydrogen) atoms. The molecule has 2 heterocycles. The Kier molecular flexibility index (Phi) is 9.55. The molecule has 5 rings (SSSR count). The lowest BCUT2D eigenvalue weighted by Crippen LogP contribution is -2.56. The minimum atomic E-state index is -4.95. The predicted octanol–water partition coefficient (Wildman–Crippen LogP) is 5.10. The summed E-state index contributed by atoms with van der Waals surface area (Å²) in [6.45, 7) is 3.65. The number of carbonyl (C=O) groups is 3. The molecule has 1 N–H and O–H groups in total. The average molecular weight is 719 g/mol. The van der Waals surface area contributed by atoms with E-state index in [9.17, 15) is 41.2 Å². The fourth-order valence-electron chi connectivity index (χ4n) is 5.47. The van der Waals surface area contributed by atoms with Gasteiger partial charge in [-0.05, 0) is 57.2 Å². The molecule has 2 aromatic carbocycles. The molecule has 3 aromatic rings. The van der Waals surface area contributed by atoms with E-state index < -0.39 is 88.8 Å². The van der Waals surface area contributed by atoms with Gasteiger partial charge in [0.2, 0.25) is 5.91 Å². The van der Waals surface area contributed by atoms with E-state index in [4.69, 9.17) is 16.3 Å². The van der Waals surface area contributed by atoms with Gasteiger partial charge in [0.05, 0.1) is 18.2 Å². The molecule has 0 bridgehead atoms. The number of rotatable bonds is 7. The summed E-state index contributed by atoms with van der Waals surface area (Å²) in [4.78, 5) is 47.1. The van der Waals surface area contributed by atoms with Gasteiger partial charge in [0.1, 0.15) is 29.3 Å². The number of nitrogens with one attached hydrogen (secondary N) is 1. The fourth-order valence-corrected chi connectivity index (χ4v) is 7.29. The van der Waals surface area contributed by atoms with Crippen LogP contribution in [0.15, 0.2) is 66.9 Å². The molecule has 2 unspecified atom stereocenters. The summed E-state index contributed by atoms with van der Waals surface area (Å²) in [6, 6.07) is 10.00. The van der Waals surface area contributed by atoms with Gasteiger partial charge in [-0.15, -0.1) is 0 Å². The summed E-state index contributed by atoms with van der Waals surface area (Å²) in [5, 5.41) is 12.0. The molecule has 0 spiro atoms. The molecule has 2 fully saturated rings. The van der Waals surface area contributed by atoms with Gasteiger partial charge in [-0.1, -0.05) is 35.9 Å². The zero-order valence-electron chi connectivity index (χ0n) is 26.3. The van der Waals surface area contributed by atoms with E-state index in [0.717, 1.165) is 29.3 Å². The van der Waals surface area contributed by atoms with Crippen LogP contribution in [0.2, 0.25) is 5.02 Å². The van der Waals surface area contributed by atoms with Gasteiger partial charge in [0.25, 0.3) is 11.8 Å². The van der Waals surface area contributed by atoms with Crippen LogP contribution in [0, 0.1) is 17.1 Å². The zero-order chi connectivity index (χ0) is 35.9. The Balaban J connectivity index is 1.69. The van der Waals surface area contributed by atoms with Crippen LogP contribution in [0.3, 0.4) is 0 Å². The smallest absolute Gasteiger partial charge is 0.425 e. The Bertz CT molecular complexity index is 1950. The maximum atomic E-state index is 14.9. The second-order valence-electron chi connectivity index (χ2n) is 12.4. The third-order valence-electron chi connectivity index (χ3n) is 7.60. The molecular formula is C32H30ClF3N6O6S. The van der Waals surface area contributed by atoms with E-state index >= 15 is 0 Å². The highest BCUT2D eigenvalue weighted by Gasteiger charge is 2.54. The monoisotopic (exact) mass is 718 g/mol. The van der Waals surface area contributed by atoms with E-state index in [2.05, 4.69) is 10.3 Å². The van der Waals surface area contributed by atoms with Crippen molar-refractivity contribution in [3.05, 3.63) is 88.8 Å². The standard InChI is InChI=1S/C32H30ClF3N6O6S/c1-31(2,3)48-30(45)40-18-25(42(49(40,46)47)26-13-19(17-37)11-12-38-26)29(44)41(22-8-6-7-20(34)14-22)27(23-9-4-5-10-24(23)33)28(43)39-21-15-32(35,36)16-21/h4-14,21,25,27H,15-16,18H2,1-3H3,(H,39,43). The van der Waals surface area contributed by atoms with Crippen molar-refractivity contribution in [3.63, 3.8) is 0 Å². The number of amides is 3. The van der Waals surface area contributed by atoms with Crippen molar-refractivity contribution >= 4 is 51.2 Å². The molecule has 2 atom stereocenters.